The number of nitrogens with zero attached hydrogens (tertiary/aromatic N) is 1. The Bertz CT molecular complexity index is 623. The maximum absolute atomic E-state index is 13.4. The van der Waals surface area contributed by atoms with E-state index in [0.717, 1.165) is 11.5 Å². The van der Waals surface area contributed by atoms with Crippen LogP contribution in [0, 0.1) is 12.7 Å². The summed E-state index contributed by atoms with van der Waals surface area (Å²) in [5, 5.41) is 14.6. The molecule has 5 nitrogen and oxygen atoms in total. The molecule has 0 saturated heterocycles. The van der Waals surface area contributed by atoms with Crippen LogP contribution in [0.25, 0.3) is 0 Å². The van der Waals surface area contributed by atoms with Gasteiger partial charge in [-0.1, -0.05) is 5.16 Å². The van der Waals surface area contributed by atoms with Crippen LogP contribution in [0.1, 0.15) is 22.6 Å². The Morgan fingerprint density at radius 3 is 2.80 bits per heavy atom. The molecule has 0 bridgehead atoms. The third-order valence-electron chi connectivity index (χ3n) is 2.79. The minimum atomic E-state index is -0.431. The number of hydrogen-bond donors (Lipinski definition) is 3. The standard InChI is InChI=1S/C14H16FN3O2/c1-9-2-3-13(20-9)8-17-7-10-4-11(14(16)18-19)6-12(15)5-10/h2-6,17,19H,7-8H2,1H3,(H2,16,18). The van der Waals surface area contributed by atoms with Crippen molar-refractivity contribution in [3.8, 4) is 0 Å². The Kier molecular flexibility index (Phi) is 4.37. The quantitative estimate of drug-likeness (QED) is 0.338. The molecule has 6 heteroatoms. The fourth-order valence-electron chi connectivity index (χ4n) is 1.87. The lowest BCUT2D eigenvalue weighted by Gasteiger charge is -2.06. The van der Waals surface area contributed by atoms with Crippen molar-refractivity contribution < 1.29 is 14.0 Å². The first-order valence-corrected chi connectivity index (χ1v) is 6.12. The fourth-order valence-corrected chi connectivity index (χ4v) is 1.87. The van der Waals surface area contributed by atoms with Crippen LogP contribution in [-0.2, 0) is 13.1 Å². The zero-order valence-electron chi connectivity index (χ0n) is 11.1. The molecule has 2 rings (SSSR count). The molecule has 1 aromatic carbocycles. The zero-order valence-corrected chi connectivity index (χ0v) is 11.1. The van der Waals surface area contributed by atoms with Gasteiger partial charge in [0.1, 0.15) is 17.3 Å². The first-order chi connectivity index (χ1) is 9.58. The second-order valence-electron chi connectivity index (χ2n) is 4.45. The van der Waals surface area contributed by atoms with E-state index >= 15 is 0 Å². The molecule has 0 saturated carbocycles. The molecule has 0 aliphatic heterocycles. The number of oxime groups is 1. The number of furan rings is 1. The van der Waals surface area contributed by atoms with Gasteiger partial charge < -0.3 is 20.7 Å². The third kappa shape index (κ3) is 3.58. The van der Waals surface area contributed by atoms with Crippen LogP contribution in [-0.4, -0.2) is 11.0 Å². The van der Waals surface area contributed by atoms with Crippen LogP contribution in [0.4, 0.5) is 4.39 Å². The number of hydrogen-bond acceptors (Lipinski definition) is 4. The first kappa shape index (κ1) is 14.1. The van der Waals surface area contributed by atoms with E-state index in [0.29, 0.717) is 24.2 Å². The molecule has 0 amide bonds. The van der Waals surface area contributed by atoms with Crippen LogP contribution >= 0.6 is 0 Å². The van der Waals surface area contributed by atoms with E-state index in [2.05, 4.69) is 10.5 Å². The number of rotatable bonds is 5. The Morgan fingerprint density at radius 1 is 1.35 bits per heavy atom. The SMILES string of the molecule is Cc1ccc(CNCc2cc(F)cc(/C(N)=N/O)c2)o1. The molecular weight excluding hydrogens is 261 g/mol. The number of benzene rings is 1. The number of aryl methyl sites for hydroxylation is 1. The highest BCUT2D eigenvalue weighted by Crippen LogP contribution is 2.10. The molecule has 106 valence electrons. The molecule has 0 aliphatic carbocycles. The van der Waals surface area contributed by atoms with Gasteiger partial charge in [-0.05, 0) is 42.8 Å². The van der Waals surface area contributed by atoms with Gasteiger partial charge in [-0.25, -0.2) is 4.39 Å². The van der Waals surface area contributed by atoms with Gasteiger partial charge in [0.2, 0.25) is 0 Å². The van der Waals surface area contributed by atoms with Crippen LogP contribution < -0.4 is 11.1 Å². The summed E-state index contributed by atoms with van der Waals surface area (Å²) in [5.74, 6) is 1.12. The molecule has 0 spiro atoms. The average molecular weight is 277 g/mol. The van der Waals surface area contributed by atoms with Gasteiger partial charge in [0.05, 0.1) is 6.54 Å². The largest absolute Gasteiger partial charge is 0.465 e. The topological polar surface area (TPSA) is 83.8 Å². The lowest BCUT2D eigenvalue weighted by molar-refractivity contribution is 0.318. The van der Waals surface area contributed by atoms with E-state index in [-0.39, 0.29) is 5.84 Å². The summed E-state index contributed by atoms with van der Waals surface area (Å²) in [6, 6.07) is 8.05. The van der Waals surface area contributed by atoms with Gasteiger partial charge >= 0.3 is 0 Å². The lowest BCUT2D eigenvalue weighted by Crippen LogP contribution is -2.16. The molecule has 2 aromatic rings. The van der Waals surface area contributed by atoms with Crippen LogP contribution in [0.5, 0.6) is 0 Å². The van der Waals surface area contributed by atoms with Crippen molar-refractivity contribution >= 4 is 5.84 Å². The molecule has 0 radical (unpaired) electrons. The minimum absolute atomic E-state index is 0.118. The summed E-state index contributed by atoms with van der Waals surface area (Å²) in [7, 11) is 0. The van der Waals surface area contributed by atoms with Gasteiger partial charge in [-0.3, -0.25) is 0 Å². The van der Waals surface area contributed by atoms with Crippen molar-refractivity contribution in [1.82, 2.24) is 5.32 Å². The Labute approximate surface area is 115 Å². The van der Waals surface area contributed by atoms with E-state index in [1.54, 1.807) is 6.07 Å². The fraction of sp³-hybridized carbons (Fsp3) is 0.214. The highest BCUT2D eigenvalue weighted by atomic mass is 19.1. The van der Waals surface area contributed by atoms with E-state index in [4.69, 9.17) is 15.4 Å². The van der Waals surface area contributed by atoms with E-state index < -0.39 is 5.82 Å². The van der Waals surface area contributed by atoms with Gasteiger partial charge in [-0.15, -0.1) is 0 Å². The summed E-state index contributed by atoms with van der Waals surface area (Å²) in [4.78, 5) is 0. The molecule has 0 aliphatic rings. The van der Waals surface area contributed by atoms with E-state index in [1.807, 2.05) is 19.1 Å². The smallest absolute Gasteiger partial charge is 0.170 e. The molecule has 20 heavy (non-hydrogen) atoms. The third-order valence-corrected chi connectivity index (χ3v) is 2.79. The summed E-state index contributed by atoms with van der Waals surface area (Å²) in [6.45, 7) is 2.87. The van der Waals surface area contributed by atoms with Gasteiger partial charge in [0.25, 0.3) is 0 Å². The van der Waals surface area contributed by atoms with E-state index in [1.165, 1.54) is 12.1 Å². The molecule has 4 N–H and O–H groups in total. The Hall–Kier alpha value is -2.34. The second kappa shape index (κ2) is 6.21. The minimum Gasteiger partial charge on any atom is -0.465 e. The first-order valence-electron chi connectivity index (χ1n) is 6.12. The van der Waals surface area contributed by atoms with Crippen molar-refractivity contribution in [2.75, 3.05) is 0 Å². The molecule has 1 aromatic heterocycles. The van der Waals surface area contributed by atoms with Crippen molar-refractivity contribution in [2.45, 2.75) is 20.0 Å². The summed E-state index contributed by atoms with van der Waals surface area (Å²) < 4.78 is 18.9. The van der Waals surface area contributed by atoms with Crippen LogP contribution in [0.2, 0.25) is 0 Å². The van der Waals surface area contributed by atoms with Crippen molar-refractivity contribution in [3.05, 3.63) is 58.8 Å². The predicted octanol–water partition coefficient (Wildman–Crippen LogP) is 2.11. The number of halogens is 1. The highest BCUT2D eigenvalue weighted by molar-refractivity contribution is 5.97. The second-order valence-corrected chi connectivity index (χ2v) is 4.45. The maximum atomic E-state index is 13.4. The zero-order chi connectivity index (χ0) is 14.5. The molecule has 0 atom stereocenters. The number of amidine groups is 1. The number of nitrogens with one attached hydrogen (secondary N) is 1. The maximum Gasteiger partial charge on any atom is 0.170 e. The molecule has 0 unspecified atom stereocenters. The lowest BCUT2D eigenvalue weighted by atomic mass is 10.1. The highest BCUT2D eigenvalue weighted by Gasteiger charge is 2.05. The van der Waals surface area contributed by atoms with E-state index in [9.17, 15) is 4.39 Å². The Morgan fingerprint density at radius 2 is 2.15 bits per heavy atom. The summed E-state index contributed by atoms with van der Waals surface area (Å²) >= 11 is 0. The van der Waals surface area contributed by atoms with Crippen molar-refractivity contribution in [2.24, 2.45) is 10.9 Å². The van der Waals surface area contributed by atoms with Crippen LogP contribution in [0.15, 0.2) is 39.9 Å². The normalized spacial score (nSPS) is 11.8. The summed E-state index contributed by atoms with van der Waals surface area (Å²) in [6.07, 6.45) is 0. The Balaban J connectivity index is 2.00. The summed E-state index contributed by atoms with van der Waals surface area (Å²) in [5.41, 5.74) is 6.50. The van der Waals surface area contributed by atoms with Crippen LogP contribution in [0.3, 0.4) is 0 Å². The van der Waals surface area contributed by atoms with Crippen molar-refractivity contribution in [1.29, 1.82) is 0 Å². The average Bonchev–Trinajstić information content (AvgIpc) is 2.83. The number of nitrogens with two attached hydrogens (primary N) is 1. The molecule has 1 heterocycles. The molecule has 0 fully saturated rings. The monoisotopic (exact) mass is 277 g/mol. The molecular formula is C14H16FN3O2. The van der Waals surface area contributed by atoms with Gasteiger partial charge in [0.15, 0.2) is 5.84 Å². The predicted molar refractivity (Wildman–Crippen MR) is 72.9 cm³/mol. The van der Waals surface area contributed by atoms with Gasteiger partial charge in [-0.2, -0.15) is 0 Å². The van der Waals surface area contributed by atoms with Gasteiger partial charge in [0, 0.05) is 12.1 Å². The van der Waals surface area contributed by atoms with Crippen molar-refractivity contribution in [3.63, 3.8) is 0 Å².